The third kappa shape index (κ3) is 9.45. The molecule has 0 unspecified atom stereocenters. The van der Waals surface area contributed by atoms with Gasteiger partial charge in [-0.3, -0.25) is 14.5 Å². The van der Waals surface area contributed by atoms with Crippen LogP contribution in [0.25, 0.3) is 0 Å². The molecule has 4 N–H and O–H groups in total. The van der Waals surface area contributed by atoms with Crippen molar-refractivity contribution in [1.82, 2.24) is 15.5 Å². The van der Waals surface area contributed by atoms with Crippen LogP contribution in [-0.4, -0.2) is 76.6 Å². The molecule has 72 heavy (non-hydrogen) atoms. The van der Waals surface area contributed by atoms with E-state index >= 15 is 9.59 Å². The van der Waals surface area contributed by atoms with Crippen molar-refractivity contribution in [2.75, 3.05) is 18.2 Å². The van der Waals surface area contributed by atoms with Gasteiger partial charge in [-0.1, -0.05) is 200 Å². The predicted octanol–water partition coefficient (Wildman–Crippen LogP) is 9.76. The molecule has 10 nitrogen and oxygen atoms in total. The molecule has 2 amide bonds. The molecule has 0 radical (unpaired) electrons. The van der Waals surface area contributed by atoms with E-state index in [0.29, 0.717) is 5.56 Å². The van der Waals surface area contributed by atoms with Gasteiger partial charge in [0.25, 0.3) is 0 Å². The van der Waals surface area contributed by atoms with Crippen LogP contribution in [0.4, 0.5) is 5.69 Å². The number of anilines is 1. The number of hydrogen-bond acceptors (Lipinski definition) is 9. The average Bonchev–Trinajstić information content (AvgIpc) is 3.87. The summed E-state index contributed by atoms with van der Waals surface area (Å²) in [6.07, 6.45) is -1.73. The van der Waals surface area contributed by atoms with E-state index in [4.69, 9.17) is 9.47 Å². The standard InChI is InChI=1S/C61H62N4O6S/c1-42(71-58(2,3)4)53(55(67)62-51(56(68)70-5)41-72-61(46-32-18-9-19-33-46,47-34-20-10-21-35-47)48-36-22-11-23-37-48)64-54(66)52-40-59(69)49-38-24-25-39-50(49)63-57(59)65(52)60(43-26-12-6-13-27-43,44-28-14-7-15-29-44)45-30-16-8-17-31-45/h6-39,42,51-53,57,63,69H,40-41H2,1-5H3,(H,62,67)(H,64,66)/t42-,51+,52+,53+,57+,59-/m1/s1. The Morgan fingerprint density at radius 3 is 1.50 bits per heavy atom. The summed E-state index contributed by atoms with van der Waals surface area (Å²) in [6, 6.07) is 64.6. The minimum atomic E-state index is -1.55. The third-order valence-electron chi connectivity index (χ3n) is 13.9. The van der Waals surface area contributed by atoms with Crippen LogP contribution < -0.4 is 16.0 Å². The number of para-hydroxylation sites is 1. The van der Waals surface area contributed by atoms with E-state index in [0.717, 1.165) is 39.1 Å². The number of methoxy groups -OCH3 is 1. The lowest BCUT2D eigenvalue weighted by Crippen LogP contribution is -2.63. The van der Waals surface area contributed by atoms with Gasteiger partial charge in [-0.25, -0.2) is 4.79 Å². The van der Waals surface area contributed by atoms with Crippen molar-refractivity contribution in [3.63, 3.8) is 0 Å². The van der Waals surface area contributed by atoms with Gasteiger partial charge < -0.3 is 30.5 Å². The molecule has 6 atom stereocenters. The first-order valence-electron chi connectivity index (χ1n) is 24.5. The third-order valence-corrected chi connectivity index (χ3v) is 15.6. The molecule has 1 saturated heterocycles. The van der Waals surface area contributed by atoms with E-state index in [1.54, 1.807) is 6.92 Å². The fourth-order valence-electron chi connectivity index (χ4n) is 10.9. The minimum absolute atomic E-state index is 0.0213. The number of aliphatic hydroxyl groups is 1. The molecule has 0 aromatic heterocycles. The Morgan fingerprint density at radius 1 is 0.653 bits per heavy atom. The highest BCUT2D eigenvalue weighted by Crippen LogP contribution is 2.57. The first kappa shape index (κ1) is 49.9. The Hall–Kier alpha value is -7.02. The smallest absolute Gasteiger partial charge is 0.329 e. The Labute approximate surface area is 427 Å². The molecule has 0 bridgehead atoms. The van der Waals surface area contributed by atoms with Crippen LogP contribution in [0.1, 0.15) is 73.1 Å². The molecular weight excluding hydrogens is 917 g/mol. The fraction of sp³-hybridized carbons (Fsp3) is 0.262. The van der Waals surface area contributed by atoms with Crippen molar-refractivity contribution in [2.24, 2.45) is 0 Å². The van der Waals surface area contributed by atoms with Gasteiger partial charge in [-0.05, 0) is 67.1 Å². The van der Waals surface area contributed by atoms with Crippen LogP contribution in [0.3, 0.4) is 0 Å². The quantitative estimate of drug-likeness (QED) is 0.0521. The van der Waals surface area contributed by atoms with Crippen molar-refractivity contribution < 1.29 is 29.0 Å². The number of esters is 1. The van der Waals surface area contributed by atoms with Crippen LogP contribution in [0.15, 0.2) is 206 Å². The van der Waals surface area contributed by atoms with E-state index in [2.05, 4.69) is 93.6 Å². The van der Waals surface area contributed by atoms with Crippen LogP contribution >= 0.6 is 11.8 Å². The molecule has 7 aromatic carbocycles. The number of rotatable bonds is 17. The number of fused-ring (bicyclic) bond motifs is 3. The molecule has 0 aliphatic carbocycles. The second-order valence-corrected chi connectivity index (χ2v) is 20.8. The molecular formula is C61H62N4O6S. The maximum absolute atomic E-state index is 15.8. The normalized spacial score (nSPS) is 18.9. The van der Waals surface area contributed by atoms with Crippen molar-refractivity contribution in [1.29, 1.82) is 0 Å². The number of ether oxygens (including phenoxy) is 2. The van der Waals surface area contributed by atoms with Gasteiger partial charge in [0, 0.05) is 23.4 Å². The lowest BCUT2D eigenvalue weighted by atomic mass is 9.74. The number of carbonyl (C=O) groups excluding carboxylic acids is 3. The second kappa shape index (κ2) is 21.0. The number of amides is 2. The Kier molecular flexibility index (Phi) is 14.6. The monoisotopic (exact) mass is 978 g/mol. The number of carbonyl (C=O) groups is 3. The summed E-state index contributed by atoms with van der Waals surface area (Å²) in [5.74, 6) is -1.69. The number of benzene rings is 7. The maximum Gasteiger partial charge on any atom is 0.329 e. The van der Waals surface area contributed by atoms with E-state index in [1.807, 2.05) is 154 Å². The molecule has 2 heterocycles. The highest BCUT2D eigenvalue weighted by Gasteiger charge is 2.65. The summed E-state index contributed by atoms with van der Waals surface area (Å²) in [5, 5.41) is 23.1. The zero-order chi connectivity index (χ0) is 50.5. The number of nitrogens with one attached hydrogen (secondary N) is 3. The lowest BCUT2D eigenvalue weighted by molar-refractivity contribution is -0.146. The number of hydrogen-bond donors (Lipinski definition) is 4. The summed E-state index contributed by atoms with van der Waals surface area (Å²) in [4.78, 5) is 47.2. The molecule has 9 rings (SSSR count). The Bertz CT molecular complexity index is 2750. The highest BCUT2D eigenvalue weighted by molar-refractivity contribution is 8.00. The molecule has 11 heteroatoms. The maximum atomic E-state index is 15.8. The van der Waals surface area contributed by atoms with Gasteiger partial charge in [0.15, 0.2) is 0 Å². The van der Waals surface area contributed by atoms with E-state index in [9.17, 15) is 9.90 Å². The largest absolute Gasteiger partial charge is 0.467 e. The lowest BCUT2D eigenvalue weighted by Gasteiger charge is -2.49. The van der Waals surface area contributed by atoms with Gasteiger partial charge in [0.2, 0.25) is 11.8 Å². The second-order valence-electron chi connectivity index (χ2n) is 19.5. The van der Waals surface area contributed by atoms with Gasteiger partial charge in [0.05, 0.1) is 35.1 Å². The molecule has 1 fully saturated rings. The highest BCUT2D eigenvalue weighted by atomic mass is 32.2. The van der Waals surface area contributed by atoms with E-state index in [1.165, 1.54) is 18.9 Å². The zero-order valence-corrected chi connectivity index (χ0v) is 42.1. The first-order valence-corrected chi connectivity index (χ1v) is 25.5. The summed E-state index contributed by atoms with van der Waals surface area (Å²) in [6.45, 7) is 7.41. The van der Waals surface area contributed by atoms with Gasteiger partial charge >= 0.3 is 5.97 Å². The molecule has 0 saturated carbocycles. The van der Waals surface area contributed by atoms with E-state index in [-0.39, 0.29) is 12.2 Å². The molecule has 2 aliphatic rings. The summed E-state index contributed by atoms with van der Waals surface area (Å²) in [5.41, 5.74) is 3.57. The van der Waals surface area contributed by atoms with Crippen molar-refractivity contribution in [2.45, 2.75) is 86.0 Å². The van der Waals surface area contributed by atoms with E-state index < -0.39 is 69.7 Å². The van der Waals surface area contributed by atoms with Crippen molar-refractivity contribution >= 4 is 35.2 Å². The van der Waals surface area contributed by atoms with Gasteiger partial charge in [0.1, 0.15) is 23.9 Å². The molecule has 7 aromatic rings. The number of nitrogens with zero attached hydrogens (tertiary/aromatic N) is 1. The van der Waals surface area contributed by atoms with Crippen LogP contribution in [0, 0.1) is 0 Å². The number of thioether (sulfide) groups is 1. The van der Waals surface area contributed by atoms with Crippen molar-refractivity contribution in [3.8, 4) is 0 Å². The van der Waals surface area contributed by atoms with Crippen LogP contribution in [0.2, 0.25) is 0 Å². The summed E-state index contributed by atoms with van der Waals surface area (Å²) in [7, 11) is 1.30. The zero-order valence-electron chi connectivity index (χ0n) is 41.3. The van der Waals surface area contributed by atoms with Gasteiger partial charge in [-0.2, -0.15) is 0 Å². The molecule has 368 valence electrons. The summed E-state index contributed by atoms with van der Waals surface area (Å²) < 4.78 is 11.1. The minimum Gasteiger partial charge on any atom is -0.467 e. The van der Waals surface area contributed by atoms with Crippen molar-refractivity contribution in [3.05, 3.63) is 245 Å². The molecule has 0 spiro atoms. The fourth-order valence-corrected chi connectivity index (χ4v) is 12.5. The Balaban J connectivity index is 1.12. The van der Waals surface area contributed by atoms with Crippen LogP contribution in [-0.2, 0) is 39.7 Å². The molecule has 2 aliphatic heterocycles. The average molecular weight is 979 g/mol. The van der Waals surface area contributed by atoms with Gasteiger partial charge in [-0.15, -0.1) is 11.8 Å². The summed E-state index contributed by atoms with van der Waals surface area (Å²) >= 11 is 1.51. The first-order chi connectivity index (χ1) is 34.8. The van der Waals surface area contributed by atoms with Crippen LogP contribution in [0.5, 0.6) is 0 Å². The topological polar surface area (TPSA) is 129 Å². The SMILES string of the molecule is COC(=O)[C@H](CSC(c1ccccc1)(c1ccccc1)c1ccccc1)NC(=O)[C@@H](NC(=O)[C@@H]1C[C@@]2(O)c3ccccc3N[C@H]2N1C(c1ccccc1)(c1ccccc1)c1ccccc1)[C@@H](C)OC(C)(C)C. The Morgan fingerprint density at radius 2 is 1.07 bits per heavy atom. The predicted molar refractivity (Wildman–Crippen MR) is 285 cm³/mol. The number of likely N-dealkylation sites (tertiary alicyclic amines) is 1.